The van der Waals surface area contributed by atoms with Crippen LogP contribution in [0.3, 0.4) is 0 Å². The average molecular weight is 418 g/mol. The zero-order valence-electron chi connectivity index (χ0n) is 14.2. The number of thioether (sulfide) groups is 1. The number of nitrogens with zero attached hydrogens (tertiary/aromatic N) is 1. The van der Waals surface area contributed by atoms with E-state index < -0.39 is 0 Å². The molecule has 0 saturated heterocycles. The molecule has 0 radical (unpaired) electrons. The van der Waals surface area contributed by atoms with Crippen LogP contribution in [0.2, 0.25) is 5.02 Å². The van der Waals surface area contributed by atoms with E-state index in [2.05, 4.69) is 15.6 Å². The van der Waals surface area contributed by atoms with Gasteiger partial charge in [0.2, 0.25) is 5.91 Å². The Morgan fingerprint density at radius 2 is 2.07 bits per heavy atom. The number of fused-ring (bicyclic) bond motifs is 1. The minimum absolute atomic E-state index is 0.101. The molecular formula is C19H16ClN3O2S2. The SMILES string of the molecule is O=C(CSc1nc2cc(Cl)ccc2s1)Nc1cccc(C(=O)NC2CC2)c1. The lowest BCUT2D eigenvalue weighted by molar-refractivity contribution is -0.113. The molecule has 1 saturated carbocycles. The molecule has 0 atom stereocenters. The van der Waals surface area contributed by atoms with Gasteiger partial charge in [-0.2, -0.15) is 0 Å². The van der Waals surface area contributed by atoms with Gasteiger partial charge >= 0.3 is 0 Å². The summed E-state index contributed by atoms with van der Waals surface area (Å²) in [6.07, 6.45) is 2.08. The highest BCUT2D eigenvalue weighted by atomic mass is 35.5. The zero-order valence-corrected chi connectivity index (χ0v) is 16.6. The number of carbonyl (C=O) groups is 2. The largest absolute Gasteiger partial charge is 0.349 e. The number of rotatable bonds is 6. The van der Waals surface area contributed by atoms with E-state index in [0.717, 1.165) is 27.4 Å². The third kappa shape index (κ3) is 4.80. The number of anilines is 1. The molecular weight excluding hydrogens is 402 g/mol. The molecule has 1 aromatic heterocycles. The van der Waals surface area contributed by atoms with E-state index >= 15 is 0 Å². The van der Waals surface area contributed by atoms with Gasteiger partial charge in [-0.25, -0.2) is 4.98 Å². The average Bonchev–Trinajstić information content (AvgIpc) is 3.37. The molecule has 0 bridgehead atoms. The maximum atomic E-state index is 12.2. The summed E-state index contributed by atoms with van der Waals surface area (Å²) in [4.78, 5) is 28.8. The molecule has 0 spiro atoms. The van der Waals surface area contributed by atoms with Gasteiger partial charge in [0.15, 0.2) is 4.34 Å². The molecule has 1 fully saturated rings. The lowest BCUT2D eigenvalue weighted by Crippen LogP contribution is -2.25. The maximum absolute atomic E-state index is 12.2. The first-order valence-corrected chi connectivity index (χ1v) is 10.6. The van der Waals surface area contributed by atoms with Crippen molar-refractivity contribution in [2.45, 2.75) is 23.2 Å². The summed E-state index contributed by atoms with van der Waals surface area (Å²) < 4.78 is 1.86. The molecule has 4 rings (SSSR count). The fourth-order valence-corrected chi connectivity index (χ4v) is 4.52. The fourth-order valence-electron chi connectivity index (χ4n) is 2.50. The van der Waals surface area contributed by atoms with Crippen molar-refractivity contribution in [2.24, 2.45) is 0 Å². The third-order valence-electron chi connectivity index (χ3n) is 3.98. The van der Waals surface area contributed by atoms with Crippen molar-refractivity contribution in [2.75, 3.05) is 11.1 Å². The molecule has 0 unspecified atom stereocenters. The Balaban J connectivity index is 1.35. The molecule has 8 heteroatoms. The highest BCUT2D eigenvalue weighted by Gasteiger charge is 2.23. The number of carbonyl (C=O) groups excluding carboxylic acids is 2. The Bertz CT molecular complexity index is 1020. The van der Waals surface area contributed by atoms with Crippen molar-refractivity contribution >= 4 is 62.4 Å². The van der Waals surface area contributed by atoms with Crippen LogP contribution in [0.5, 0.6) is 0 Å². The Morgan fingerprint density at radius 1 is 1.22 bits per heavy atom. The number of hydrogen-bond acceptors (Lipinski definition) is 5. The highest BCUT2D eigenvalue weighted by molar-refractivity contribution is 8.01. The number of halogens is 1. The molecule has 27 heavy (non-hydrogen) atoms. The molecule has 0 aliphatic heterocycles. The lowest BCUT2D eigenvalue weighted by atomic mass is 10.2. The zero-order chi connectivity index (χ0) is 18.8. The van der Waals surface area contributed by atoms with Crippen molar-refractivity contribution in [3.8, 4) is 0 Å². The molecule has 2 N–H and O–H groups in total. The number of amides is 2. The molecule has 5 nitrogen and oxygen atoms in total. The predicted molar refractivity (Wildman–Crippen MR) is 111 cm³/mol. The van der Waals surface area contributed by atoms with Crippen molar-refractivity contribution in [1.29, 1.82) is 0 Å². The normalized spacial score (nSPS) is 13.5. The summed E-state index contributed by atoms with van der Waals surface area (Å²) in [5, 5.41) is 6.42. The minimum Gasteiger partial charge on any atom is -0.349 e. The number of thiazole rings is 1. The van der Waals surface area contributed by atoms with Crippen LogP contribution >= 0.6 is 34.7 Å². The molecule has 3 aromatic rings. The molecule has 2 aromatic carbocycles. The Kier molecular flexibility index (Phi) is 5.33. The second kappa shape index (κ2) is 7.88. The monoisotopic (exact) mass is 417 g/mol. The van der Waals surface area contributed by atoms with Crippen LogP contribution in [0, 0.1) is 0 Å². The number of nitrogens with one attached hydrogen (secondary N) is 2. The summed E-state index contributed by atoms with van der Waals surface area (Å²) in [6, 6.07) is 12.9. The first-order chi connectivity index (χ1) is 13.1. The van der Waals surface area contributed by atoms with Gasteiger partial charge in [0.25, 0.3) is 5.91 Å². The fraction of sp³-hybridized carbons (Fsp3) is 0.211. The first-order valence-electron chi connectivity index (χ1n) is 8.46. The van der Waals surface area contributed by atoms with Crippen LogP contribution in [0.25, 0.3) is 10.2 Å². The van der Waals surface area contributed by atoms with Gasteiger partial charge in [0.05, 0.1) is 16.0 Å². The number of benzene rings is 2. The van der Waals surface area contributed by atoms with Crippen molar-refractivity contribution in [3.05, 3.63) is 53.1 Å². The van der Waals surface area contributed by atoms with E-state index in [0.29, 0.717) is 22.3 Å². The molecule has 1 heterocycles. The molecule has 2 amide bonds. The highest BCUT2D eigenvalue weighted by Crippen LogP contribution is 2.31. The van der Waals surface area contributed by atoms with Gasteiger partial charge in [0, 0.05) is 22.3 Å². The van der Waals surface area contributed by atoms with Crippen LogP contribution in [0.4, 0.5) is 5.69 Å². The second-order valence-electron chi connectivity index (χ2n) is 6.26. The number of hydrogen-bond donors (Lipinski definition) is 2. The van der Waals surface area contributed by atoms with Gasteiger partial charge in [-0.15, -0.1) is 11.3 Å². The van der Waals surface area contributed by atoms with Gasteiger partial charge < -0.3 is 10.6 Å². The summed E-state index contributed by atoms with van der Waals surface area (Å²) in [7, 11) is 0. The summed E-state index contributed by atoms with van der Waals surface area (Å²) in [5.74, 6) is -0.000338. The van der Waals surface area contributed by atoms with E-state index in [9.17, 15) is 9.59 Å². The lowest BCUT2D eigenvalue weighted by Gasteiger charge is -2.07. The molecule has 138 valence electrons. The van der Waals surface area contributed by atoms with Crippen LogP contribution in [0.1, 0.15) is 23.2 Å². The van der Waals surface area contributed by atoms with Crippen LogP contribution in [-0.4, -0.2) is 28.6 Å². The predicted octanol–water partition coefficient (Wildman–Crippen LogP) is 4.57. The quantitative estimate of drug-likeness (QED) is 0.576. The van der Waals surface area contributed by atoms with Crippen LogP contribution in [0.15, 0.2) is 46.8 Å². The second-order valence-corrected chi connectivity index (χ2v) is 8.95. The van der Waals surface area contributed by atoms with E-state index in [-0.39, 0.29) is 17.6 Å². The molecule has 1 aliphatic rings. The van der Waals surface area contributed by atoms with Gasteiger partial charge in [0.1, 0.15) is 0 Å². The summed E-state index contributed by atoms with van der Waals surface area (Å²) >= 11 is 8.89. The maximum Gasteiger partial charge on any atom is 0.251 e. The van der Waals surface area contributed by atoms with E-state index in [1.54, 1.807) is 24.3 Å². The van der Waals surface area contributed by atoms with E-state index in [1.165, 1.54) is 23.1 Å². The smallest absolute Gasteiger partial charge is 0.251 e. The Hall–Kier alpha value is -2.09. The summed E-state index contributed by atoms with van der Waals surface area (Å²) in [5.41, 5.74) is 2.00. The number of aromatic nitrogens is 1. The standard InChI is InChI=1S/C19H16ClN3O2S2/c20-12-4-7-16-15(9-12)23-19(27-16)26-10-17(24)21-14-3-1-2-11(8-14)18(25)22-13-5-6-13/h1-4,7-9,13H,5-6,10H2,(H,21,24)(H,22,25). The van der Waals surface area contributed by atoms with Crippen molar-refractivity contribution in [3.63, 3.8) is 0 Å². The van der Waals surface area contributed by atoms with Crippen molar-refractivity contribution in [1.82, 2.24) is 10.3 Å². The van der Waals surface area contributed by atoms with Gasteiger partial charge in [-0.05, 0) is 49.2 Å². The summed E-state index contributed by atoms with van der Waals surface area (Å²) in [6.45, 7) is 0. The topological polar surface area (TPSA) is 71.1 Å². The third-order valence-corrected chi connectivity index (χ3v) is 6.39. The van der Waals surface area contributed by atoms with Crippen LogP contribution in [-0.2, 0) is 4.79 Å². The first kappa shape index (κ1) is 18.3. The van der Waals surface area contributed by atoms with Crippen molar-refractivity contribution < 1.29 is 9.59 Å². The van der Waals surface area contributed by atoms with Crippen LogP contribution < -0.4 is 10.6 Å². The van der Waals surface area contributed by atoms with Gasteiger partial charge in [-0.3, -0.25) is 9.59 Å². The Labute approximate surface area is 169 Å². The van der Waals surface area contributed by atoms with E-state index in [4.69, 9.17) is 11.6 Å². The van der Waals surface area contributed by atoms with E-state index in [1.807, 2.05) is 18.2 Å². The Morgan fingerprint density at radius 3 is 2.89 bits per heavy atom. The van der Waals surface area contributed by atoms with Gasteiger partial charge in [-0.1, -0.05) is 29.4 Å². The molecule has 1 aliphatic carbocycles. The minimum atomic E-state index is -0.142.